The minimum absolute atomic E-state index is 0.221. The molecule has 2 heterocycles. The molecule has 1 aromatic carbocycles. The Balaban J connectivity index is 2.02. The molecule has 0 saturated carbocycles. The average Bonchev–Trinajstić information content (AvgIpc) is 3.10. The van der Waals surface area contributed by atoms with Crippen molar-refractivity contribution in [1.29, 1.82) is 0 Å². The Kier molecular flexibility index (Phi) is 4.73. The average molecular weight is 360 g/mol. The van der Waals surface area contributed by atoms with Gasteiger partial charge >= 0.3 is 6.18 Å². The van der Waals surface area contributed by atoms with E-state index in [4.69, 9.17) is 16.3 Å². The molecule has 0 amide bonds. The number of ether oxygens (including phenoxy) is 1. The summed E-state index contributed by atoms with van der Waals surface area (Å²) in [6, 6.07) is 3.25. The monoisotopic (exact) mass is 359 g/mol. The van der Waals surface area contributed by atoms with Crippen LogP contribution in [0.4, 0.5) is 19.0 Å². The molecule has 3 rings (SSSR count). The van der Waals surface area contributed by atoms with Crippen LogP contribution in [-0.2, 0) is 23.8 Å². The van der Waals surface area contributed by atoms with Crippen LogP contribution in [0.5, 0.6) is 0 Å². The number of fused-ring (bicyclic) bond motifs is 1. The highest BCUT2D eigenvalue weighted by Gasteiger charge is 2.32. The molecule has 24 heavy (non-hydrogen) atoms. The van der Waals surface area contributed by atoms with Crippen molar-refractivity contribution in [2.75, 3.05) is 25.1 Å². The molecule has 0 saturated heterocycles. The molecular weight excluding hydrogens is 343 g/mol. The van der Waals surface area contributed by atoms with Gasteiger partial charge in [0.2, 0.25) is 0 Å². The lowest BCUT2D eigenvalue weighted by Crippen LogP contribution is -2.09. The normalized spacial score (nSPS) is 13.9. The summed E-state index contributed by atoms with van der Waals surface area (Å²) in [4.78, 5) is 0. The maximum absolute atomic E-state index is 13.0. The highest BCUT2D eigenvalue weighted by atomic mass is 35.5. The summed E-state index contributed by atoms with van der Waals surface area (Å²) in [5.41, 5.74) is 1.32. The minimum Gasteiger partial charge on any atom is -0.381 e. The van der Waals surface area contributed by atoms with Crippen molar-refractivity contribution in [1.82, 2.24) is 9.78 Å². The molecule has 0 radical (unpaired) electrons. The number of hydrogen-bond acceptors (Lipinski definition) is 3. The first-order valence-corrected chi connectivity index (χ1v) is 8.09. The second-order valence-electron chi connectivity index (χ2n) is 5.47. The van der Waals surface area contributed by atoms with E-state index in [9.17, 15) is 13.2 Å². The van der Waals surface area contributed by atoms with E-state index in [1.54, 1.807) is 0 Å². The third-order valence-electron chi connectivity index (χ3n) is 3.92. The largest absolute Gasteiger partial charge is 0.416 e. The predicted octanol–water partition coefficient (Wildman–Crippen LogP) is 4.09. The Hall–Kier alpha value is -1.73. The SMILES string of the molecule is CCOCCc1nn(-c2cc(C(F)(F)F)ccc2Cl)c2c1CCN2. The summed E-state index contributed by atoms with van der Waals surface area (Å²) in [5, 5.41) is 7.88. The lowest BCUT2D eigenvalue weighted by molar-refractivity contribution is -0.137. The number of nitrogens with zero attached hydrogens (tertiary/aromatic N) is 2. The van der Waals surface area contributed by atoms with Gasteiger partial charge in [-0.05, 0) is 31.5 Å². The Morgan fingerprint density at radius 3 is 2.88 bits per heavy atom. The van der Waals surface area contributed by atoms with Crippen LogP contribution in [-0.4, -0.2) is 29.5 Å². The molecule has 8 heteroatoms. The molecule has 130 valence electrons. The zero-order valence-electron chi connectivity index (χ0n) is 13.1. The number of benzene rings is 1. The van der Waals surface area contributed by atoms with Crippen LogP contribution < -0.4 is 5.32 Å². The molecule has 0 spiro atoms. The molecule has 0 unspecified atom stereocenters. The standard InChI is InChI=1S/C16H17ClF3N3O/c1-2-24-8-6-13-11-5-7-21-15(11)23(22-13)14-9-10(16(18,19)20)3-4-12(14)17/h3-4,9,21H,2,5-8H2,1H3. The van der Waals surface area contributed by atoms with E-state index >= 15 is 0 Å². The van der Waals surface area contributed by atoms with Gasteiger partial charge in [0.05, 0.1) is 28.6 Å². The Labute approximate surface area is 142 Å². The van der Waals surface area contributed by atoms with Crippen LogP contribution in [0.15, 0.2) is 18.2 Å². The van der Waals surface area contributed by atoms with Crippen LogP contribution in [0.25, 0.3) is 5.69 Å². The highest BCUT2D eigenvalue weighted by Crippen LogP contribution is 2.36. The molecule has 0 atom stereocenters. The summed E-state index contributed by atoms with van der Waals surface area (Å²) in [6.45, 7) is 3.77. The molecule has 2 aromatic rings. The fourth-order valence-corrected chi connectivity index (χ4v) is 2.98. The van der Waals surface area contributed by atoms with Gasteiger partial charge in [-0.15, -0.1) is 0 Å². The van der Waals surface area contributed by atoms with E-state index in [1.165, 1.54) is 10.7 Å². The summed E-state index contributed by atoms with van der Waals surface area (Å²) in [5.74, 6) is 0.711. The number of alkyl halides is 3. The summed E-state index contributed by atoms with van der Waals surface area (Å²) >= 11 is 6.14. The van der Waals surface area contributed by atoms with Crippen molar-refractivity contribution >= 4 is 17.4 Å². The third-order valence-corrected chi connectivity index (χ3v) is 4.24. The van der Waals surface area contributed by atoms with E-state index in [-0.39, 0.29) is 10.7 Å². The first-order valence-electron chi connectivity index (χ1n) is 7.71. The maximum atomic E-state index is 13.0. The summed E-state index contributed by atoms with van der Waals surface area (Å²) in [6.07, 6.45) is -3.03. The summed E-state index contributed by atoms with van der Waals surface area (Å²) in [7, 11) is 0. The number of halogens is 4. The molecule has 0 fully saturated rings. The van der Waals surface area contributed by atoms with Crippen LogP contribution >= 0.6 is 11.6 Å². The maximum Gasteiger partial charge on any atom is 0.416 e. The van der Waals surface area contributed by atoms with Gasteiger partial charge < -0.3 is 10.1 Å². The van der Waals surface area contributed by atoms with Crippen molar-refractivity contribution in [3.05, 3.63) is 40.0 Å². The van der Waals surface area contributed by atoms with Gasteiger partial charge in [0.1, 0.15) is 5.82 Å². The van der Waals surface area contributed by atoms with Crippen LogP contribution in [0.3, 0.4) is 0 Å². The van der Waals surface area contributed by atoms with Gasteiger partial charge in [0.25, 0.3) is 0 Å². The van der Waals surface area contributed by atoms with Crippen LogP contribution in [0.2, 0.25) is 5.02 Å². The zero-order chi connectivity index (χ0) is 17.3. The molecule has 0 bridgehead atoms. The minimum atomic E-state index is -4.43. The first-order chi connectivity index (χ1) is 11.4. The van der Waals surface area contributed by atoms with E-state index in [2.05, 4.69) is 10.4 Å². The van der Waals surface area contributed by atoms with Crippen molar-refractivity contribution in [3.63, 3.8) is 0 Å². The van der Waals surface area contributed by atoms with Gasteiger partial charge in [-0.25, -0.2) is 4.68 Å². The van der Waals surface area contributed by atoms with Gasteiger partial charge in [-0.2, -0.15) is 18.3 Å². The van der Waals surface area contributed by atoms with E-state index in [1.807, 2.05) is 6.92 Å². The topological polar surface area (TPSA) is 39.1 Å². The number of aromatic nitrogens is 2. The van der Waals surface area contributed by atoms with Gasteiger partial charge in [0, 0.05) is 25.1 Å². The van der Waals surface area contributed by atoms with Crippen LogP contribution in [0.1, 0.15) is 23.7 Å². The fraction of sp³-hybridized carbons (Fsp3) is 0.438. The Morgan fingerprint density at radius 2 is 2.17 bits per heavy atom. The Morgan fingerprint density at radius 1 is 1.38 bits per heavy atom. The van der Waals surface area contributed by atoms with Crippen molar-refractivity contribution < 1.29 is 17.9 Å². The lowest BCUT2D eigenvalue weighted by atomic mass is 10.1. The lowest BCUT2D eigenvalue weighted by Gasteiger charge is -2.12. The fourth-order valence-electron chi connectivity index (χ4n) is 2.79. The number of hydrogen-bond donors (Lipinski definition) is 1. The van der Waals surface area contributed by atoms with E-state index in [0.29, 0.717) is 25.5 Å². The molecule has 1 aliphatic rings. The van der Waals surface area contributed by atoms with E-state index < -0.39 is 11.7 Å². The molecule has 1 aliphatic heterocycles. The first kappa shape index (κ1) is 17.1. The quantitative estimate of drug-likeness (QED) is 0.817. The van der Waals surface area contributed by atoms with Crippen molar-refractivity contribution in [2.24, 2.45) is 0 Å². The van der Waals surface area contributed by atoms with Crippen LogP contribution in [0, 0.1) is 0 Å². The number of nitrogens with one attached hydrogen (secondary N) is 1. The zero-order valence-corrected chi connectivity index (χ0v) is 13.8. The highest BCUT2D eigenvalue weighted by molar-refractivity contribution is 6.32. The number of rotatable bonds is 5. The molecule has 4 nitrogen and oxygen atoms in total. The van der Waals surface area contributed by atoms with E-state index in [0.717, 1.165) is 36.4 Å². The smallest absolute Gasteiger partial charge is 0.381 e. The van der Waals surface area contributed by atoms with Crippen molar-refractivity contribution in [3.8, 4) is 5.69 Å². The molecule has 1 N–H and O–H groups in total. The van der Waals surface area contributed by atoms with Crippen molar-refractivity contribution in [2.45, 2.75) is 25.9 Å². The van der Waals surface area contributed by atoms with Gasteiger partial charge in [0.15, 0.2) is 0 Å². The molecule has 0 aliphatic carbocycles. The molecular formula is C16H17ClF3N3O. The predicted molar refractivity (Wildman–Crippen MR) is 86.0 cm³/mol. The Bertz CT molecular complexity index is 743. The second-order valence-corrected chi connectivity index (χ2v) is 5.88. The molecule has 1 aromatic heterocycles. The van der Waals surface area contributed by atoms with Gasteiger partial charge in [-0.3, -0.25) is 0 Å². The third kappa shape index (κ3) is 3.23. The summed E-state index contributed by atoms with van der Waals surface area (Å²) < 4.78 is 45.8. The number of anilines is 1. The van der Waals surface area contributed by atoms with Gasteiger partial charge in [-0.1, -0.05) is 11.6 Å². The second kappa shape index (κ2) is 6.64.